The van der Waals surface area contributed by atoms with Crippen LogP contribution in [0.25, 0.3) is 10.2 Å². The van der Waals surface area contributed by atoms with Gasteiger partial charge in [0.1, 0.15) is 0 Å². The Hall–Kier alpha value is -0.430. The largest absolute Gasteiger partial charge is 0.377 e. The summed E-state index contributed by atoms with van der Waals surface area (Å²) in [6.07, 6.45) is 0. The summed E-state index contributed by atoms with van der Waals surface area (Å²) in [5.74, 6) is 0.931. The van der Waals surface area contributed by atoms with E-state index in [4.69, 9.17) is 16.3 Å². The molecule has 1 saturated heterocycles. The predicted molar refractivity (Wildman–Crippen MR) is 87.4 cm³/mol. The standard InChI is InChI=1S/C13H15BrClN3OS/c1-7-5-19-4-3-18(7)12-11-10(16-13(15)17-12)9(6-20-11)8(2)14/h6-8H,3-5H2,1-2H3/t7-,8?/m1/s1. The Bertz CT molecular complexity index is 633. The first-order valence-electron chi connectivity index (χ1n) is 6.51. The van der Waals surface area contributed by atoms with Crippen molar-refractivity contribution in [2.45, 2.75) is 24.7 Å². The summed E-state index contributed by atoms with van der Waals surface area (Å²) < 4.78 is 6.60. The van der Waals surface area contributed by atoms with Crippen LogP contribution in [0.5, 0.6) is 0 Å². The number of thiophene rings is 1. The van der Waals surface area contributed by atoms with E-state index < -0.39 is 0 Å². The van der Waals surface area contributed by atoms with Gasteiger partial charge in [0.05, 0.1) is 29.5 Å². The van der Waals surface area contributed by atoms with Gasteiger partial charge in [0.15, 0.2) is 5.82 Å². The molecule has 1 fully saturated rings. The van der Waals surface area contributed by atoms with Crippen molar-refractivity contribution in [1.82, 2.24) is 9.97 Å². The third kappa shape index (κ3) is 2.54. The number of nitrogens with zero attached hydrogens (tertiary/aromatic N) is 3. The molecular formula is C13H15BrClN3OS. The van der Waals surface area contributed by atoms with Crippen LogP contribution in [0.1, 0.15) is 24.2 Å². The molecule has 0 amide bonds. The van der Waals surface area contributed by atoms with Crippen molar-refractivity contribution in [2.75, 3.05) is 24.7 Å². The van der Waals surface area contributed by atoms with Crippen LogP contribution in [0.2, 0.25) is 5.28 Å². The maximum absolute atomic E-state index is 6.13. The second kappa shape index (κ2) is 5.75. The van der Waals surface area contributed by atoms with Gasteiger partial charge >= 0.3 is 0 Å². The Morgan fingerprint density at radius 1 is 1.55 bits per heavy atom. The minimum absolute atomic E-state index is 0.247. The number of hydrogen-bond acceptors (Lipinski definition) is 5. The first-order valence-corrected chi connectivity index (χ1v) is 8.68. The Labute approximate surface area is 135 Å². The third-order valence-corrected chi connectivity index (χ3v) is 5.11. The Balaban J connectivity index is 2.15. The zero-order valence-electron chi connectivity index (χ0n) is 11.3. The van der Waals surface area contributed by atoms with Crippen molar-refractivity contribution < 1.29 is 4.74 Å². The third-order valence-electron chi connectivity index (χ3n) is 3.47. The monoisotopic (exact) mass is 375 g/mol. The number of alkyl halides is 1. The lowest BCUT2D eigenvalue weighted by Gasteiger charge is -2.34. The maximum atomic E-state index is 6.13. The molecule has 0 saturated carbocycles. The van der Waals surface area contributed by atoms with Gasteiger partial charge in [-0.3, -0.25) is 0 Å². The van der Waals surface area contributed by atoms with Crippen molar-refractivity contribution in [3.63, 3.8) is 0 Å². The molecule has 0 N–H and O–H groups in total. The van der Waals surface area contributed by atoms with Gasteiger partial charge in [-0.1, -0.05) is 15.9 Å². The van der Waals surface area contributed by atoms with Crippen molar-refractivity contribution in [3.8, 4) is 0 Å². The number of rotatable bonds is 2. The highest BCUT2D eigenvalue weighted by Crippen LogP contribution is 2.38. The first-order chi connectivity index (χ1) is 9.58. The average Bonchev–Trinajstić information content (AvgIpc) is 2.82. The number of ether oxygens (including phenoxy) is 1. The van der Waals surface area contributed by atoms with Gasteiger partial charge in [-0.15, -0.1) is 11.3 Å². The van der Waals surface area contributed by atoms with E-state index in [0.717, 1.165) is 41.4 Å². The highest BCUT2D eigenvalue weighted by Gasteiger charge is 2.25. The van der Waals surface area contributed by atoms with E-state index in [0.29, 0.717) is 11.3 Å². The fourth-order valence-electron chi connectivity index (χ4n) is 2.41. The van der Waals surface area contributed by atoms with Crippen LogP contribution < -0.4 is 4.90 Å². The molecule has 3 rings (SSSR count). The van der Waals surface area contributed by atoms with E-state index in [1.54, 1.807) is 11.3 Å². The molecule has 20 heavy (non-hydrogen) atoms. The summed E-state index contributed by atoms with van der Waals surface area (Å²) in [6.45, 7) is 6.51. The summed E-state index contributed by atoms with van der Waals surface area (Å²) >= 11 is 11.4. The van der Waals surface area contributed by atoms with Crippen LogP contribution >= 0.6 is 38.9 Å². The van der Waals surface area contributed by atoms with E-state index in [9.17, 15) is 0 Å². The SMILES string of the molecule is CC(Br)c1csc2c(N3CCOC[C@H]3C)nc(Cl)nc12. The predicted octanol–water partition coefficient (Wildman–Crippen LogP) is 4.03. The van der Waals surface area contributed by atoms with Crippen molar-refractivity contribution >= 4 is 54.9 Å². The lowest BCUT2D eigenvalue weighted by atomic mass is 10.2. The average molecular weight is 377 g/mol. The quantitative estimate of drug-likeness (QED) is 0.586. The number of morpholine rings is 1. The molecule has 4 nitrogen and oxygen atoms in total. The lowest BCUT2D eigenvalue weighted by Crippen LogP contribution is -2.44. The van der Waals surface area contributed by atoms with Crippen molar-refractivity contribution in [3.05, 3.63) is 16.2 Å². The molecule has 2 aromatic rings. The molecule has 1 unspecified atom stereocenters. The maximum Gasteiger partial charge on any atom is 0.224 e. The molecule has 3 heterocycles. The van der Waals surface area contributed by atoms with Crippen LogP contribution in [0.15, 0.2) is 5.38 Å². The molecule has 0 spiro atoms. The minimum atomic E-state index is 0.247. The van der Waals surface area contributed by atoms with Crippen molar-refractivity contribution in [2.24, 2.45) is 0 Å². The van der Waals surface area contributed by atoms with Gasteiger partial charge in [0, 0.05) is 16.9 Å². The summed E-state index contributed by atoms with van der Waals surface area (Å²) in [5.41, 5.74) is 2.12. The van der Waals surface area contributed by atoms with E-state index in [-0.39, 0.29) is 4.83 Å². The number of anilines is 1. The number of hydrogen-bond donors (Lipinski definition) is 0. The van der Waals surface area contributed by atoms with Crippen molar-refractivity contribution in [1.29, 1.82) is 0 Å². The fourth-order valence-corrected chi connectivity index (χ4v) is 4.21. The second-order valence-corrected chi connectivity index (χ2v) is 7.51. The van der Waals surface area contributed by atoms with E-state index in [2.05, 4.69) is 50.0 Å². The number of aromatic nitrogens is 2. The van der Waals surface area contributed by atoms with Crippen LogP contribution in [0.4, 0.5) is 5.82 Å². The molecular weight excluding hydrogens is 362 g/mol. The van der Waals surface area contributed by atoms with E-state index >= 15 is 0 Å². The molecule has 7 heteroatoms. The van der Waals surface area contributed by atoms with Gasteiger partial charge in [0.2, 0.25) is 5.28 Å². The highest BCUT2D eigenvalue weighted by atomic mass is 79.9. The zero-order valence-corrected chi connectivity index (χ0v) is 14.4. The van der Waals surface area contributed by atoms with E-state index in [1.165, 1.54) is 0 Å². The number of halogens is 2. The van der Waals surface area contributed by atoms with Gasteiger partial charge in [0.25, 0.3) is 0 Å². The Kier molecular flexibility index (Phi) is 4.17. The number of fused-ring (bicyclic) bond motifs is 1. The van der Waals surface area contributed by atoms with Crippen LogP contribution in [-0.4, -0.2) is 35.8 Å². The molecule has 108 valence electrons. The van der Waals surface area contributed by atoms with Gasteiger partial charge in [-0.25, -0.2) is 4.98 Å². The van der Waals surface area contributed by atoms with Crippen LogP contribution in [-0.2, 0) is 4.74 Å². The first kappa shape index (κ1) is 14.5. The molecule has 1 aliphatic rings. The van der Waals surface area contributed by atoms with Crippen LogP contribution in [0, 0.1) is 0 Å². The molecule has 1 aliphatic heterocycles. The zero-order chi connectivity index (χ0) is 14.3. The summed E-state index contributed by atoms with van der Waals surface area (Å²) in [6, 6.07) is 0.296. The topological polar surface area (TPSA) is 38.2 Å². The molecule has 0 radical (unpaired) electrons. The highest BCUT2D eigenvalue weighted by molar-refractivity contribution is 9.09. The summed E-state index contributed by atoms with van der Waals surface area (Å²) in [4.78, 5) is 11.4. The molecule has 0 aromatic carbocycles. The second-order valence-electron chi connectivity index (χ2n) is 4.92. The smallest absolute Gasteiger partial charge is 0.224 e. The molecule has 2 atom stereocenters. The Morgan fingerprint density at radius 2 is 2.35 bits per heavy atom. The summed E-state index contributed by atoms with van der Waals surface area (Å²) in [7, 11) is 0. The minimum Gasteiger partial charge on any atom is -0.377 e. The fraction of sp³-hybridized carbons (Fsp3) is 0.538. The van der Waals surface area contributed by atoms with Gasteiger partial charge in [-0.2, -0.15) is 4.98 Å². The van der Waals surface area contributed by atoms with E-state index in [1.807, 2.05) is 0 Å². The van der Waals surface area contributed by atoms with Crippen LogP contribution in [0.3, 0.4) is 0 Å². The summed E-state index contributed by atoms with van der Waals surface area (Å²) in [5, 5.41) is 2.43. The molecule has 0 aliphatic carbocycles. The van der Waals surface area contributed by atoms with Gasteiger partial charge in [-0.05, 0) is 30.8 Å². The van der Waals surface area contributed by atoms with Gasteiger partial charge < -0.3 is 9.64 Å². The molecule has 0 bridgehead atoms. The lowest BCUT2D eigenvalue weighted by molar-refractivity contribution is 0.0987. The normalized spacial score (nSPS) is 21.4. The Morgan fingerprint density at radius 3 is 3.05 bits per heavy atom. The molecule has 2 aromatic heterocycles.